The van der Waals surface area contributed by atoms with Crippen LogP contribution < -0.4 is 5.73 Å². The van der Waals surface area contributed by atoms with Gasteiger partial charge < -0.3 is 5.73 Å². The van der Waals surface area contributed by atoms with E-state index in [1.807, 2.05) is 6.08 Å². The number of hydrogen-bond acceptors (Lipinski definition) is 1. The molecule has 0 aromatic carbocycles. The molecule has 0 spiro atoms. The molecule has 0 atom stereocenters. The minimum atomic E-state index is 0.0929. The van der Waals surface area contributed by atoms with Crippen LogP contribution in [0, 0.1) is 17.8 Å². The molecule has 0 aliphatic heterocycles. The van der Waals surface area contributed by atoms with E-state index in [-0.39, 0.29) is 5.84 Å². The van der Waals surface area contributed by atoms with Crippen LogP contribution in [0.1, 0.15) is 13.3 Å². The fourth-order valence-electron chi connectivity index (χ4n) is 0.438. The van der Waals surface area contributed by atoms with E-state index in [0.29, 0.717) is 6.42 Å². The Hall–Kier alpha value is -1.49. The highest BCUT2D eigenvalue weighted by Gasteiger charge is 1.86. The van der Waals surface area contributed by atoms with E-state index in [1.165, 1.54) is 0 Å². The van der Waals surface area contributed by atoms with Gasteiger partial charge in [0.15, 0.2) is 0 Å². The van der Waals surface area contributed by atoms with Gasteiger partial charge in [0, 0.05) is 6.42 Å². The van der Waals surface area contributed by atoms with Gasteiger partial charge in [-0.15, -0.1) is 12.3 Å². The van der Waals surface area contributed by atoms with Crippen LogP contribution in [0.4, 0.5) is 0 Å². The molecule has 0 unspecified atom stereocenters. The maximum absolute atomic E-state index is 7.02. The van der Waals surface area contributed by atoms with Gasteiger partial charge in [0.05, 0.1) is 0 Å². The SMILES string of the molecule is C#CCC=C/C=C(\C)C(=N)N. The maximum atomic E-state index is 7.02. The molecule has 0 rings (SSSR count). The van der Waals surface area contributed by atoms with Crippen molar-refractivity contribution >= 4 is 5.84 Å². The van der Waals surface area contributed by atoms with Crippen LogP contribution in [0.25, 0.3) is 0 Å². The standard InChI is InChI=1S/C9H12N2/c1-3-4-5-6-7-8(2)9(10)11/h1,5-7H,4H2,2H3,(H3,10,11)/b6-5?,8-7+. The van der Waals surface area contributed by atoms with Crippen molar-refractivity contribution in [2.24, 2.45) is 5.73 Å². The molecule has 3 N–H and O–H groups in total. The summed E-state index contributed by atoms with van der Waals surface area (Å²) in [6, 6.07) is 0. The van der Waals surface area contributed by atoms with E-state index in [1.54, 1.807) is 19.1 Å². The van der Waals surface area contributed by atoms with Crippen LogP contribution in [-0.4, -0.2) is 5.84 Å². The molecule has 0 radical (unpaired) electrons. The summed E-state index contributed by atoms with van der Waals surface area (Å²) in [6.07, 6.45) is 11.0. The normalized spacial score (nSPS) is 11.5. The summed E-state index contributed by atoms with van der Waals surface area (Å²) in [5.41, 5.74) is 5.94. The molecule has 0 aromatic heterocycles. The van der Waals surface area contributed by atoms with Gasteiger partial charge in [-0.25, -0.2) is 0 Å². The van der Waals surface area contributed by atoms with Crippen LogP contribution in [0.2, 0.25) is 0 Å². The van der Waals surface area contributed by atoms with Gasteiger partial charge in [0.1, 0.15) is 5.84 Å². The Labute approximate surface area is 67.3 Å². The number of rotatable bonds is 3. The lowest BCUT2D eigenvalue weighted by Gasteiger charge is -1.91. The molecular formula is C9H12N2. The number of nitrogens with two attached hydrogens (primary N) is 1. The Morgan fingerprint density at radius 1 is 1.73 bits per heavy atom. The molecule has 2 nitrogen and oxygen atoms in total. The molecule has 11 heavy (non-hydrogen) atoms. The summed E-state index contributed by atoms with van der Waals surface area (Å²) >= 11 is 0. The molecule has 0 fully saturated rings. The van der Waals surface area contributed by atoms with Gasteiger partial charge in [-0.3, -0.25) is 5.41 Å². The first-order valence-electron chi connectivity index (χ1n) is 3.29. The van der Waals surface area contributed by atoms with Crippen molar-refractivity contribution in [1.29, 1.82) is 5.41 Å². The van der Waals surface area contributed by atoms with Crippen LogP contribution in [0.5, 0.6) is 0 Å². The van der Waals surface area contributed by atoms with Gasteiger partial charge in [0.25, 0.3) is 0 Å². The molecule has 0 aromatic rings. The third kappa shape index (κ3) is 4.98. The number of hydrogen-bond donors (Lipinski definition) is 2. The second kappa shape index (κ2) is 5.31. The van der Waals surface area contributed by atoms with Crippen LogP contribution >= 0.6 is 0 Å². The van der Waals surface area contributed by atoms with Crippen molar-refractivity contribution in [3.05, 3.63) is 23.8 Å². The smallest absolute Gasteiger partial charge is 0.118 e. The summed E-state index contributed by atoms with van der Waals surface area (Å²) in [6.45, 7) is 1.78. The Morgan fingerprint density at radius 3 is 2.82 bits per heavy atom. The molecule has 0 amide bonds. The van der Waals surface area contributed by atoms with Crippen molar-refractivity contribution in [3.63, 3.8) is 0 Å². The second-order valence-corrected chi connectivity index (χ2v) is 2.10. The van der Waals surface area contributed by atoms with Gasteiger partial charge >= 0.3 is 0 Å². The van der Waals surface area contributed by atoms with Crippen molar-refractivity contribution in [2.75, 3.05) is 0 Å². The molecule has 0 saturated heterocycles. The Kier molecular flexibility index (Phi) is 4.59. The molecule has 0 bridgehead atoms. The molecule has 58 valence electrons. The maximum Gasteiger partial charge on any atom is 0.118 e. The summed E-state index contributed by atoms with van der Waals surface area (Å²) in [4.78, 5) is 0. The monoisotopic (exact) mass is 148 g/mol. The third-order valence-corrected chi connectivity index (χ3v) is 1.14. The topological polar surface area (TPSA) is 49.9 Å². The van der Waals surface area contributed by atoms with Gasteiger partial charge in [-0.2, -0.15) is 0 Å². The summed E-state index contributed by atoms with van der Waals surface area (Å²) in [5.74, 6) is 2.56. The lowest BCUT2D eigenvalue weighted by atomic mass is 10.2. The summed E-state index contributed by atoms with van der Waals surface area (Å²) < 4.78 is 0. The van der Waals surface area contributed by atoms with E-state index in [4.69, 9.17) is 17.6 Å². The first-order chi connectivity index (χ1) is 5.18. The van der Waals surface area contributed by atoms with Gasteiger partial charge in [-0.1, -0.05) is 18.2 Å². The lowest BCUT2D eigenvalue weighted by Crippen LogP contribution is -2.09. The third-order valence-electron chi connectivity index (χ3n) is 1.14. The summed E-state index contributed by atoms with van der Waals surface area (Å²) in [7, 11) is 0. The Morgan fingerprint density at radius 2 is 2.36 bits per heavy atom. The highest BCUT2D eigenvalue weighted by molar-refractivity contribution is 5.93. The average Bonchev–Trinajstić information content (AvgIpc) is 1.97. The van der Waals surface area contributed by atoms with E-state index >= 15 is 0 Å². The number of amidine groups is 1. The van der Waals surface area contributed by atoms with Gasteiger partial charge in [0.2, 0.25) is 0 Å². The molecule has 0 aliphatic rings. The highest BCUT2D eigenvalue weighted by atomic mass is 14.7. The Balaban J connectivity index is 3.94. The number of nitrogens with one attached hydrogen (secondary N) is 1. The van der Waals surface area contributed by atoms with E-state index in [9.17, 15) is 0 Å². The van der Waals surface area contributed by atoms with Crippen molar-refractivity contribution in [3.8, 4) is 12.3 Å². The second-order valence-electron chi connectivity index (χ2n) is 2.10. The highest BCUT2D eigenvalue weighted by Crippen LogP contribution is 1.91. The quantitative estimate of drug-likeness (QED) is 0.270. The van der Waals surface area contributed by atoms with Crippen molar-refractivity contribution in [2.45, 2.75) is 13.3 Å². The average molecular weight is 148 g/mol. The fourth-order valence-corrected chi connectivity index (χ4v) is 0.438. The zero-order chi connectivity index (χ0) is 8.69. The molecule has 0 aliphatic carbocycles. The fraction of sp³-hybridized carbons (Fsp3) is 0.222. The van der Waals surface area contributed by atoms with E-state index in [0.717, 1.165) is 5.57 Å². The predicted octanol–water partition coefficient (Wildman–Crippen LogP) is 1.45. The largest absolute Gasteiger partial charge is 0.384 e. The zero-order valence-corrected chi connectivity index (χ0v) is 6.59. The number of allylic oxidation sites excluding steroid dienone is 3. The molecular weight excluding hydrogens is 136 g/mol. The number of terminal acetylenes is 1. The molecule has 0 heterocycles. The lowest BCUT2D eigenvalue weighted by molar-refractivity contribution is 1.39. The summed E-state index contributed by atoms with van der Waals surface area (Å²) in [5, 5.41) is 7.02. The molecule has 2 heteroatoms. The first kappa shape index (κ1) is 9.51. The zero-order valence-electron chi connectivity index (χ0n) is 6.59. The van der Waals surface area contributed by atoms with Crippen LogP contribution in [-0.2, 0) is 0 Å². The molecule has 0 saturated carbocycles. The predicted molar refractivity (Wildman–Crippen MR) is 48.3 cm³/mol. The first-order valence-corrected chi connectivity index (χ1v) is 3.29. The minimum Gasteiger partial charge on any atom is -0.384 e. The van der Waals surface area contributed by atoms with E-state index in [2.05, 4.69) is 5.92 Å². The van der Waals surface area contributed by atoms with Crippen molar-refractivity contribution < 1.29 is 0 Å². The Bertz CT molecular complexity index is 228. The van der Waals surface area contributed by atoms with Crippen molar-refractivity contribution in [1.82, 2.24) is 0 Å². The van der Waals surface area contributed by atoms with E-state index < -0.39 is 0 Å². The van der Waals surface area contributed by atoms with Gasteiger partial charge in [-0.05, 0) is 12.5 Å². The van der Waals surface area contributed by atoms with Crippen LogP contribution in [0.3, 0.4) is 0 Å². The minimum absolute atomic E-state index is 0.0929. The van der Waals surface area contributed by atoms with Crippen LogP contribution in [0.15, 0.2) is 23.8 Å².